The molecule has 2 aliphatic carbocycles. The van der Waals surface area contributed by atoms with Crippen LogP contribution in [-0.4, -0.2) is 91.2 Å². The van der Waals surface area contributed by atoms with Crippen LogP contribution in [0.15, 0.2) is 72.9 Å². The molecule has 3 rings (SSSR count). The molecule has 0 amide bonds. The molecule has 0 fully saturated rings. The molecule has 0 N–H and O–H groups in total. The summed E-state index contributed by atoms with van der Waals surface area (Å²) >= 11 is 0. The first kappa shape index (κ1) is 31.1. The Balaban J connectivity index is 1.08. The van der Waals surface area contributed by atoms with Crippen molar-refractivity contribution in [3.05, 3.63) is 72.9 Å². The van der Waals surface area contributed by atoms with E-state index in [1.54, 1.807) is 24.3 Å². The molecule has 0 spiro atoms. The fourth-order valence-corrected chi connectivity index (χ4v) is 3.51. The molecule has 1 aromatic rings. The minimum Gasteiger partial charge on any atom is -0.491 e. The molecule has 0 aromatic heterocycles. The van der Waals surface area contributed by atoms with Crippen LogP contribution in [0, 0.1) is 11.8 Å². The highest BCUT2D eigenvalue weighted by molar-refractivity contribution is 5.78. The lowest BCUT2D eigenvalue weighted by molar-refractivity contribution is -0.147. The number of hydrogen-bond donors (Lipinski definition) is 0. The third-order valence-electron chi connectivity index (χ3n) is 5.53. The Hall–Kier alpha value is -3.44. The average molecular weight is 559 g/mol. The van der Waals surface area contributed by atoms with Crippen molar-refractivity contribution >= 4 is 11.9 Å². The van der Waals surface area contributed by atoms with Crippen molar-refractivity contribution in [1.82, 2.24) is 0 Å². The van der Waals surface area contributed by atoms with Crippen molar-refractivity contribution in [2.45, 2.75) is 0 Å². The SMILES string of the molecule is O=C(OCCOCCOCCOc1cccc(OCCOCCOCCOC(=O)C2C=CC=C2)c1)C1C=CC=C1. The molecule has 0 bridgehead atoms. The molecule has 0 radical (unpaired) electrons. The van der Waals surface area contributed by atoms with Crippen LogP contribution in [0.4, 0.5) is 0 Å². The minimum absolute atomic E-state index is 0.218. The van der Waals surface area contributed by atoms with Gasteiger partial charge >= 0.3 is 11.9 Å². The van der Waals surface area contributed by atoms with Crippen LogP contribution in [0.5, 0.6) is 11.5 Å². The first-order chi connectivity index (χ1) is 19.7. The summed E-state index contributed by atoms with van der Waals surface area (Å²) in [6.45, 7) is 4.35. The highest BCUT2D eigenvalue weighted by Gasteiger charge is 2.16. The summed E-state index contributed by atoms with van der Waals surface area (Å²) in [5, 5.41) is 0. The van der Waals surface area contributed by atoms with Crippen molar-refractivity contribution in [3.8, 4) is 11.5 Å². The predicted molar refractivity (Wildman–Crippen MR) is 146 cm³/mol. The fraction of sp³-hybridized carbons (Fsp3) is 0.467. The molecule has 0 atom stereocenters. The van der Waals surface area contributed by atoms with E-state index in [0.29, 0.717) is 77.6 Å². The van der Waals surface area contributed by atoms with Gasteiger partial charge in [-0.2, -0.15) is 0 Å². The number of carbonyl (C=O) groups is 2. The largest absolute Gasteiger partial charge is 0.491 e. The van der Waals surface area contributed by atoms with Crippen molar-refractivity contribution in [1.29, 1.82) is 0 Å². The second-order valence-electron chi connectivity index (χ2n) is 8.55. The molecule has 10 heteroatoms. The molecule has 2 aliphatic rings. The number of benzene rings is 1. The van der Waals surface area contributed by atoms with Gasteiger partial charge in [0.15, 0.2) is 0 Å². The molecule has 0 aliphatic heterocycles. The van der Waals surface area contributed by atoms with Gasteiger partial charge in [-0.15, -0.1) is 0 Å². The maximum Gasteiger partial charge on any atom is 0.316 e. The van der Waals surface area contributed by atoms with Gasteiger partial charge in [0, 0.05) is 6.07 Å². The van der Waals surface area contributed by atoms with E-state index >= 15 is 0 Å². The number of hydrogen-bond acceptors (Lipinski definition) is 10. The number of allylic oxidation sites excluding steroid dienone is 4. The highest BCUT2D eigenvalue weighted by Crippen LogP contribution is 2.19. The zero-order chi connectivity index (χ0) is 28.1. The van der Waals surface area contributed by atoms with Crippen LogP contribution >= 0.6 is 0 Å². The van der Waals surface area contributed by atoms with Crippen molar-refractivity contribution in [3.63, 3.8) is 0 Å². The van der Waals surface area contributed by atoms with Gasteiger partial charge in [0.1, 0.15) is 37.9 Å². The Bertz CT molecular complexity index is 901. The second-order valence-corrected chi connectivity index (χ2v) is 8.55. The van der Waals surface area contributed by atoms with E-state index in [4.69, 9.17) is 37.9 Å². The zero-order valence-corrected chi connectivity index (χ0v) is 22.7. The van der Waals surface area contributed by atoms with Gasteiger partial charge in [-0.3, -0.25) is 9.59 Å². The van der Waals surface area contributed by atoms with Gasteiger partial charge in [0.05, 0.1) is 64.7 Å². The average Bonchev–Trinajstić information content (AvgIpc) is 3.70. The molecular formula is C30H38O10. The van der Waals surface area contributed by atoms with Gasteiger partial charge in [-0.1, -0.05) is 54.7 Å². The first-order valence-electron chi connectivity index (χ1n) is 13.4. The summed E-state index contributed by atoms with van der Waals surface area (Å²) in [5.41, 5.74) is 0. The van der Waals surface area contributed by atoms with E-state index in [9.17, 15) is 9.59 Å². The summed E-state index contributed by atoms with van der Waals surface area (Å²) < 4.78 is 43.5. The molecular weight excluding hydrogens is 520 g/mol. The molecule has 0 saturated carbocycles. The second kappa shape index (κ2) is 19.6. The quantitative estimate of drug-likeness (QED) is 0.156. The molecule has 218 valence electrons. The van der Waals surface area contributed by atoms with Crippen LogP contribution in [0.1, 0.15) is 0 Å². The Labute approximate surface area is 235 Å². The summed E-state index contributed by atoms with van der Waals surface area (Å²) in [5.74, 6) is 0.262. The van der Waals surface area contributed by atoms with Gasteiger partial charge < -0.3 is 37.9 Å². The first-order valence-corrected chi connectivity index (χ1v) is 13.4. The summed E-state index contributed by atoms with van der Waals surface area (Å²) in [6, 6.07) is 7.36. The minimum atomic E-state index is -0.282. The highest BCUT2D eigenvalue weighted by atomic mass is 16.6. The van der Waals surface area contributed by atoms with Gasteiger partial charge in [-0.25, -0.2) is 0 Å². The van der Waals surface area contributed by atoms with E-state index in [1.807, 2.05) is 48.6 Å². The lowest BCUT2D eigenvalue weighted by Gasteiger charge is -2.11. The van der Waals surface area contributed by atoms with E-state index < -0.39 is 0 Å². The van der Waals surface area contributed by atoms with E-state index in [1.165, 1.54) is 0 Å². The lowest BCUT2D eigenvalue weighted by atomic mass is 10.2. The van der Waals surface area contributed by atoms with Crippen molar-refractivity contribution in [2.75, 3.05) is 79.3 Å². The third-order valence-corrected chi connectivity index (χ3v) is 5.53. The number of carbonyl (C=O) groups excluding carboxylic acids is 2. The normalized spacial score (nSPS) is 14.2. The lowest BCUT2D eigenvalue weighted by Crippen LogP contribution is -2.17. The Morgan fingerprint density at radius 2 is 0.850 bits per heavy atom. The zero-order valence-electron chi connectivity index (χ0n) is 22.7. The summed E-state index contributed by atoms with van der Waals surface area (Å²) in [6.07, 6.45) is 14.5. The topological polar surface area (TPSA) is 108 Å². The van der Waals surface area contributed by atoms with Crippen LogP contribution in [0.2, 0.25) is 0 Å². The van der Waals surface area contributed by atoms with Gasteiger partial charge in [-0.05, 0) is 12.1 Å². The maximum absolute atomic E-state index is 11.7. The fourth-order valence-electron chi connectivity index (χ4n) is 3.51. The number of esters is 2. The molecule has 10 nitrogen and oxygen atoms in total. The van der Waals surface area contributed by atoms with Gasteiger partial charge in [0.2, 0.25) is 0 Å². The molecule has 40 heavy (non-hydrogen) atoms. The number of rotatable bonds is 22. The van der Waals surface area contributed by atoms with Crippen LogP contribution in [0.3, 0.4) is 0 Å². The molecule has 0 heterocycles. The monoisotopic (exact) mass is 558 g/mol. The summed E-state index contributed by atoms with van der Waals surface area (Å²) in [7, 11) is 0. The van der Waals surface area contributed by atoms with E-state index in [-0.39, 0.29) is 37.0 Å². The maximum atomic E-state index is 11.7. The Morgan fingerprint density at radius 1 is 0.500 bits per heavy atom. The molecule has 0 saturated heterocycles. The number of ether oxygens (including phenoxy) is 8. The predicted octanol–water partition coefficient (Wildman–Crippen LogP) is 3.08. The van der Waals surface area contributed by atoms with Crippen LogP contribution in [-0.2, 0) is 38.0 Å². The molecule has 1 aromatic carbocycles. The van der Waals surface area contributed by atoms with E-state index in [0.717, 1.165) is 0 Å². The third kappa shape index (κ3) is 13.1. The standard InChI is InChI=1S/C30H38O10/c31-29(25-6-1-2-7-25)39-22-18-35-14-12-33-16-20-37-27-10-5-11-28(24-27)38-21-17-34-13-15-36-19-23-40-30(32)26-8-3-4-9-26/h1-11,24-26H,12-23H2. The Kier molecular flexibility index (Phi) is 15.2. The Morgan fingerprint density at radius 3 is 1.25 bits per heavy atom. The summed E-state index contributed by atoms with van der Waals surface area (Å²) in [4.78, 5) is 23.4. The van der Waals surface area contributed by atoms with Crippen molar-refractivity contribution in [2.24, 2.45) is 11.8 Å². The van der Waals surface area contributed by atoms with Crippen LogP contribution < -0.4 is 9.47 Å². The van der Waals surface area contributed by atoms with Gasteiger partial charge in [0.25, 0.3) is 0 Å². The molecule has 0 unspecified atom stereocenters. The van der Waals surface area contributed by atoms with Crippen molar-refractivity contribution < 1.29 is 47.5 Å². The van der Waals surface area contributed by atoms with Crippen LogP contribution in [0.25, 0.3) is 0 Å². The van der Waals surface area contributed by atoms with E-state index in [2.05, 4.69) is 0 Å². The smallest absolute Gasteiger partial charge is 0.316 e.